The van der Waals surface area contributed by atoms with Crippen LogP contribution in [0.5, 0.6) is 0 Å². The quantitative estimate of drug-likeness (QED) is 0.375. The normalized spacial score (nSPS) is 18.8. The van der Waals surface area contributed by atoms with E-state index >= 15 is 0 Å². The van der Waals surface area contributed by atoms with Crippen molar-refractivity contribution in [3.05, 3.63) is 77.6 Å². The summed E-state index contributed by atoms with van der Waals surface area (Å²) in [6.07, 6.45) is 1.87. The summed E-state index contributed by atoms with van der Waals surface area (Å²) in [6.45, 7) is 0.591. The van der Waals surface area contributed by atoms with Crippen molar-refractivity contribution >= 4 is 54.4 Å². The Labute approximate surface area is 220 Å². The molecule has 2 N–H and O–H groups in total. The predicted octanol–water partition coefficient (Wildman–Crippen LogP) is 4.39. The van der Waals surface area contributed by atoms with E-state index in [1.54, 1.807) is 6.20 Å². The number of aromatic nitrogens is 2. The van der Waals surface area contributed by atoms with Gasteiger partial charge in [0.15, 0.2) is 6.10 Å². The van der Waals surface area contributed by atoms with Crippen LogP contribution in [0.25, 0.3) is 21.8 Å². The van der Waals surface area contributed by atoms with Gasteiger partial charge in [0.05, 0.1) is 18.6 Å². The van der Waals surface area contributed by atoms with E-state index in [-0.39, 0.29) is 25.2 Å². The predicted molar refractivity (Wildman–Crippen MR) is 142 cm³/mol. The second-order valence-corrected chi connectivity index (χ2v) is 10.1. The molecule has 10 heteroatoms. The average molecular weight is 562 g/mol. The van der Waals surface area contributed by atoms with Crippen LogP contribution in [-0.4, -0.2) is 50.2 Å². The van der Waals surface area contributed by atoms with Gasteiger partial charge in [-0.2, -0.15) is 0 Å². The molecule has 0 saturated carbocycles. The highest BCUT2D eigenvalue weighted by Gasteiger charge is 2.37. The number of halogens is 1. The van der Waals surface area contributed by atoms with Crippen LogP contribution in [0, 0.1) is 0 Å². The minimum absolute atomic E-state index is 0.0579. The number of benzene rings is 2. The van der Waals surface area contributed by atoms with Crippen LogP contribution in [0.2, 0.25) is 0 Å². The summed E-state index contributed by atoms with van der Waals surface area (Å²) < 4.78 is 6.39. The molecular weight excluding hydrogens is 538 g/mol. The molecule has 4 heterocycles. The minimum atomic E-state index is -0.723. The smallest absolute Gasteiger partial charge is 0.411 e. The van der Waals surface area contributed by atoms with Gasteiger partial charge in [0.25, 0.3) is 0 Å². The Hall–Kier alpha value is -3.92. The zero-order chi connectivity index (χ0) is 25.4. The molecule has 37 heavy (non-hydrogen) atoms. The van der Waals surface area contributed by atoms with Crippen molar-refractivity contribution in [2.45, 2.75) is 38.1 Å². The van der Waals surface area contributed by atoms with Crippen LogP contribution in [0.1, 0.15) is 23.2 Å². The maximum atomic E-state index is 13.4. The highest BCUT2D eigenvalue weighted by atomic mass is 79.9. The van der Waals surface area contributed by atoms with Crippen molar-refractivity contribution in [3.63, 3.8) is 0 Å². The first-order valence-electron chi connectivity index (χ1n) is 12.1. The third kappa shape index (κ3) is 4.76. The molecule has 0 spiro atoms. The van der Waals surface area contributed by atoms with Gasteiger partial charge in [-0.1, -0.05) is 41.6 Å². The topological polar surface area (TPSA) is 109 Å². The van der Waals surface area contributed by atoms with E-state index in [0.717, 1.165) is 38.6 Å². The standard InChI is InChI=1S/C27H24BrN5O4/c28-25-10-18(37-32-25)13-30-26(34)24-11-20-19-6-2-4-8-22(19)31-23(20)14-33(24)27(35)36-15-16-9-17-5-1-3-7-21(17)29-12-16/h1-9,12,18,24,31H,10-11,13-15H2,(H,30,34)/t18-,24-/m0/s1. The molecule has 2 amide bonds. The second-order valence-electron chi connectivity index (χ2n) is 9.21. The number of hydrogen-bond acceptors (Lipinski definition) is 6. The Balaban J connectivity index is 1.21. The zero-order valence-electron chi connectivity index (χ0n) is 19.8. The fourth-order valence-electron chi connectivity index (χ4n) is 4.89. The van der Waals surface area contributed by atoms with E-state index in [1.807, 2.05) is 54.6 Å². The van der Waals surface area contributed by atoms with E-state index in [9.17, 15) is 9.59 Å². The van der Waals surface area contributed by atoms with Crippen LogP contribution in [-0.2, 0) is 33.9 Å². The number of nitrogens with one attached hydrogen (secondary N) is 2. The van der Waals surface area contributed by atoms with E-state index in [1.165, 1.54) is 4.90 Å². The average Bonchev–Trinajstić information content (AvgIpc) is 3.51. The molecule has 2 aromatic carbocycles. The molecule has 9 nitrogen and oxygen atoms in total. The van der Waals surface area contributed by atoms with Crippen LogP contribution in [0.4, 0.5) is 4.79 Å². The highest BCUT2D eigenvalue weighted by Crippen LogP contribution is 2.31. The van der Waals surface area contributed by atoms with Gasteiger partial charge in [-0.05, 0) is 39.7 Å². The molecule has 0 radical (unpaired) electrons. The lowest BCUT2D eigenvalue weighted by atomic mass is 9.96. The summed E-state index contributed by atoms with van der Waals surface area (Å²) in [5.74, 6) is -0.258. The van der Waals surface area contributed by atoms with Crippen LogP contribution in [0.3, 0.4) is 0 Å². The van der Waals surface area contributed by atoms with Gasteiger partial charge in [-0.15, -0.1) is 0 Å². The summed E-state index contributed by atoms with van der Waals surface area (Å²) in [6, 6.07) is 17.0. The first-order valence-corrected chi connectivity index (χ1v) is 12.9. The second kappa shape index (κ2) is 9.85. The molecule has 188 valence electrons. The van der Waals surface area contributed by atoms with E-state index in [0.29, 0.717) is 24.0 Å². The number of rotatable bonds is 5. The number of amides is 2. The van der Waals surface area contributed by atoms with E-state index in [4.69, 9.17) is 9.57 Å². The first kappa shape index (κ1) is 23.5. The van der Waals surface area contributed by atoms with Gasteiger partial charge in [-0.25, -0.2) is 4.79 Å². The summed E-state index contributed by atoms with van der Waals surface area (Å²) >= 11 is 3.31. The lowest BCUT2D eigenvalue weighted by Crippen LogP contribution is -2.53. The largest absolute Gasteiger partial charge is 0.444 e. The molecule has 2 aliphatic heterocycles. The van der Waals surface area contributed by atoms with Crippen LogP contribution < -0.4 is 5.32 Å². The number of aromatic amines is 1. The van der Waals surface area contributed by atoms with Crippen molar-refractivity contribution in [3.8, 4) is 0 Å². The van der Waals surface area contributed by atoms with Crippen LogP contribution >= 0.6 is 15.9 Å². The summed E-state index contributed by atoms with van der Waals surface area (Å²) in [4.78, 5) is 41.3. The maximum absolute atomic E-state index is 13.4. The monoisotopic (exact) mass is 561 g/mol. The maximum Gasteiger partial charge on any atom is 0.411 e. The number of pyridine rings is 1. The number of fused-ring (bicyclic) bond motifs is 4. The number of carbonyl (C=O) groups excluding carboxylic acids is 2. The van der Waals surface area contributed by atoms with Gasteiger partial charge in [0, 0.05) is 46.6 Å². The Kier molecular flexibility index (Phi) is 6.25. The van der Waals surface area contributed by atoms with Gasteiger partial charge in [0.2, 0.25) is 5.91 Å². The van der Waals surface area contributed by atoms with Gasteiger partial charge in [-0.3, -0.25) is 14.7 Å². The number of H-pyrrole nitrogens is 1. The molecule has 2 atom stereocenters. The lowest BCUT2D eigenvalue weighted by Gasteiger charge is -2.34. The number of para-hydroxylation sites is 2. The molecular formula is C27H24BrN5O4. The van der Waals surface area contributed by atoms with Gasteiger partial charge in [0.1, 0.15) is 17.3 Å². The number of ether oxygens (including phenoxy) is 1. The van der Waals surface area contributed by atoms with Crippen LogP contribution in [0.15, 0.2) is 65.9 Å². The number of carbonyl (C=O) groups is 2. The number of oxime groups is 1. The molecule has 0 fully saturated rings. The molecule has 0 saturated heterocycles. The fourth-order valence-corrected chi connectivity index (χ4v) is 5.34. The van der Waals surface area contributed by atoms with Crippen molar-refractivity contribution in [1.29, 1.82) is 0 Å². The van der Waals surface area contributed by atoms with E-state index < -0.39 is 12.1 Å². The molecule has 2 aromatic heterocycles. The molecule has 0 aliphatic carbocycles. The Bertz CT molecular complexity index is 1530. The van der Waals surface area contributed by atoms with Crippen molar-refractivity contribution < 1.29 is 19.2 Å². The van der Waals surface area contributed by atoms with E-state index in [2.05, 4.69) is 36.4 Å². The van der Waals surface area contributed by atoms with Gasteiger partial charge < -0.3 is 19.9 Å². The van der Waals surface area contributed by atoms with Crippen molar-refractivity contribution in [1.82, 2.24) is 20.2 Å². The molecule has 0 bridgehead atoms. The Morgan fingerprint density at radius 1 is 1.16 bits per heavy atom. The fraction of sp³-hybridized carbons (Fsp3) is 0.259. The summed E-state index contributed by atoms with van der Waals surface area (Å²) in [7, 11) is 0. The highest BCUT2D eigenvalue weighted by molar-refractivity contribution is 9.18. The summed E-state index contributed by atoms with van der Waals surface area (Å²) in [5, 5.41) is 8.83. The van der Waals surface area contributed by atoms with Gasteiger partial charge >= 0.3 is 6.09 Å². The Morgan fingerprint density at radius 2 is 2.00 bits per heavy atom. The molecule has 0 unspecified atom stereocenters. The SMILES string of the molecule is O=C(NC[C@@H]1CC(Br)=NO1)[C@@H]1Cc2c([nH]c3ccccc23)CN1C(=O)OCc1cnc2ccccc2c1. The van der Waals surface area contributed by atoms with Crippen molar-refractivity contribution in [2.24, 2.45) is 5.16 Å². The third-order valence-electron chi connectivity index (χ3n) is 6.75. The number of nitrogens with zero attached hydrogens (tertiary/aromatic N) is 3. The minimum Gasteiger partial charge on any atom is -0.444 e. The Morgan fingerprint density at radius 3 is 2.86 bits per heavy atom. The van der Waals surface area contributed by atoms with Crippen molar-refractivity contribution in [2.75, 3.05) is 6.54 Å². The molecule has 2 aliphatic rings. The summed E-state index contributed by atoms with van der Waals surface area (Å²) in [5.41, 5.74) is 4.58. The zero-order valence-corrected chi connectivity index (χ0v) is 21.4. The lowest BCUT2D eigenvalue weighted by molar-refractivity contribution is -0.127. The molecule has 6 rings (SSSR count). The third-order valence-corrected chi connectivity index (χ3v) is 7.22. The first-order chi connectivity index (χ1) is 18.0. The molecule has 4 aromatic rings. The number of hydrogen-bond donors (Lipinski definition) is 2.